The average Bonchev–Trinajstić information content (AvgIpc) is 3.25. The van der Waals surface area contributed by atoms with Gasteiger partial charge in [0.25, 0.3) is 0 Å². The van der Waals surface area contributed by atoms with E-state index in [2.05, 4.69) is 39.5 Å². The molecule has 1 N–H and O–H groups in total. The zero-order valence-corrected chi connectivity index (χ0v) is 13.5. The van der Waals surface area contributed by atoms with Crippen molar-refractivity contribution < 1.29 is 0 Å². The first-order chi connectivity index (χ1) is 11.9. The second-order valence-corrected chi connectivity index (χ2v) is 6.87. The lowest BCUT2D eigenvalue weighted by atomic mass is 9.98. The van der Waals surface area contributed by atoms with Crippen molar-refractivity contribution in [3.05, 3.63) is 60.3 Å². The van der Waals surface area contributed by atoms with Crippen LogP contribution in [0.3, 0.4) is 0 Å². The van der Waals surface area contributed by atoms with Crippen molar-refractivity contribution in [1.82, 2.24) is 9.97 Å². The fourth-order valence-corrected chi connectivity index (χ4v) is 4.22. The van der Waals surface area contributed by atoms with Gasteiger partial charge in [0, 0.05) is 30.0 Å². The van der Waals surface area contributed by atoms with Gasteiger partial charge in [-0.1, -0.05) is 42.5 Å². The van der Waals surface area contributed by atoms with Crippen molar-refractivity contribution in [3.63, 3.8) is 0 Å². The standard InChI is InChI=1S/C20H20N4/c1-2-6-17(7-3-1)22-20-21-13-16-5-4-10-24(19(16)23-20)18-12-14-8-9-15(18)11-14/h1-9,13-15,18H,10-12H2,(H,21,22,23). The van der Waals surface area contributed by atoms with Crippen LogP contribution in [0, 0.1) is 11.8 Å². The van der Waals surface area contributed by atoms with Gasteiger partial charge in [-0.15, -0.1) is 0 Å². The van der Waals surface area contributed by atoms with Crippen molar-refractivity contribution in [3.8, 4) is 0 Å². The van der Waals surface area contributed by atoms with Gasteiger partial charge in [-0.05, 0) is 36.8 Å². The minimum Gasteiger partial charge on any atom is -0.349 e. The third kappa shape index (κ3) is 2.30. The second kappa shape index (κ2) is 5.48. The fourth-order valence-electron chi connectivity index (χ4n) is 4.22. The summed E-state index contributed by atoms with van der Waals surface area (Å²) in [5.41, 5.74) is 2.13. The lowest BCUT2D eigenvalue weighted by Crippen LogP contribution is -2.40. The number of aromatic nitrogens is 2. The molecule has 1 fully saturated rings. The van der Waals surface area contributed by atoms with Crippen LogP contribution in [0.15, 0.2) is 54.8 Å². The number of rotatable bonds is 3. The van der Waals surface area contributed by atoms with E-state index in [0.29, 0.717) is 17.9 Å². The molecular weight excluding hydrogens is 296 g/mol. The number of nitrogens with one attached hydrogen (secondary N) is 1. The molecule has 2 bridgehead atoms. The Morgan fingerprint density at radius 2 is 2.00 bits per heavy atom. The number of allylic oxidation sites excluding steroid dienone is 1. The molecule has 3 atom stereocenters. The number of nitrogens with zero attached hydrogens (tertiary/aromatic N) is 3. The number of anilines is 3. The SMILES string of the molecule is C1=Cc2cnc(Nc3ccccc3)nc2N(C2CC3C=CC2C3)C1. The smallest absolute Gasteiger partial charge is 0.229 e. The van der Waals surface area contributed by atoms with Crippen molar-refractivity contribution in [2.75, 3.05) is 16.8 Å². The largest absolute Gasteiger partial charge is 0.349 e. The topological polar surface area (TPSA) is 41.1 Å². The Hall–Kier alpha value is -2.62. The summed E-state index contributed by atoms with van der Waals surface area (Å²) in [5.74, 6) is 3.17. The van der Waals surface area contributed by atoms with Crippen LogP contribution < -0.4 is 10.2 Å². The van der Waals surface area contributed by atoms with Gasteiger partial charge >= 0.3 is 0 Å². The maximum absolute atomic E-state index is 4.85. The quantitative estimate of drug-likeness (QED) is 0.868. The molecule has 5 rings (SSSR count). The fraction of sp³-hybridized carbons (Fsp3) is 0.300. The third-order valence-corrected chi connectivity index (χ3v) is 5.34. The molecule has 2 aliphatic carbocycles. The molecule has 4 heteroatoms. The molecule has 3 unspecified atom stereocenters. The highest BCUT2D eigenvalue weighted by Gasteiger charge is 2.40. The molecule has 1 aromatic heterocycles. The van der Waals surface area contributed by atoms with Crippen LogP contribution in [0.25, 0.3) is 6.08 Å². The number of benzene rings is 1. The van der Waals surface area contributed by atoms with E-state index < -0.39 is 0 Å². The Labute approximate surface area is 141 Å². The molecule has 2 heterocycles. The van der Waals surface area contributed by atoms with Crippen molar-refractivity contribution in [2.45, 2.75) is 18.9 Å². The molecule has 0 radical (unpaired) electrons. The Morgan fingerprint density at radius 1 is 1.08 bits per heavy atom. The summed E-state index contributed by atoms with van der Waals surface area (Å²) < 4.78 is 0. The summed E-state index contributed by atoms with van der Waals surface area (Å²) in [4.78, 5) is 11.8. The van der Waals surface area contributed by atoms with Crippen LogP contribution in [-0.4, -0.2) is 22.6 Å². The molecule has 24 heavy (non-hydrogen) atoms. The van der Waals surface area contributed by atoms with Crippen LogP contribution in [0.4, 0.5) is 17.5 Å². The minimum absolute atomic E-state index is 0.572. The summed E-state index contributed by atoms with van der Waals surface area (Å²) in [6, 6.07) is 10.7. The monoisotopic (exact) mass is 316 g/mol. The van der Waals surface area contributed by atoms with E-state index in [1.54, 1.807) is 0 Å². The maximum Gasteiger partial charge on any atom is 0.229 e. The van der Waals surface area contributed by atoms with Crippen LogP contribution in [0.1, 0.15) is 18.4 Å². The van der Waals surface area contributed by atoms with Gasteiger partial charge in [0.1, 0.15) is 5.82 Å². The molecule has 0 amide bonds. The number of hydrogen-bond acceptors (Lipinski definition) is 4. The Kier molecular flexibility index (Phi) is 3.15. The average molecular weight is 316 g/mol. The van der Waals surface area contributed by atoms with Gasteiger partial charge in [0.15, 0.2) is 0 Å². The molecular formula is C20H20N4. The summed E-state index contributed by atoms with van der Waals surface area (Å²) in [7, 11) is 0. The van der Waals surface area contributed by atoms with E-state index >= 15 is 0 Å². The summed E-state index contributed by atoms with van der Waals surface area (Å²) >= 11 is 0. The maximum atomic E-state index is 4.85. The van der Waals surface area contributed by atoms with Gasteiger partial charge in [0.2, 0.25) is 5.95 Å². The van der Waals surface area contributed by atoms with E-state index in [0.717, 1.165) is 29.5 Å². The minimum atomic E-state index is 0.572. The lowest BCUT2D eigenvalue weighted by molar-refractivity contribution is 0.526. The number of fused-ring (bicyclic) bond motifs is 3. The van der Waals surface area contributed by atoms with E-state index in [4.69, 9.17) is 4.98 Å². The van der Waals surface area contributed by atoms with Crippen molar-refractivity contribution >= 4 is 23.5 Å². The van der Waals surface area contributed by atoms with Crippen molar-refractivity contribution in [2.24, 2.45) is 11.8 Å². The predicted octanol–water partition coefficient (Wildman–Crippen LogP) is 4.02. The second-order valence-electron chi connectivity index (χ2n) is 6.87. The highest BCUT2D eigenvalue weighted by Crippen LogP contribution is 2.43. The third-order valence-electron chi connectivity index (χ3n) is 5.34. The molecule has 4 nitrogen and oxygen atoms in total. The summed E-state index contributed by atoms with van der Waals surface area (Å²) in [5, 5.41) is 3.31. The van der Waals surface area contributed by atoms with Gasteiger partial charge in [-0.2, -0.15) is 4.98 Å². The highest BCUT2D eigenvalue weighted by atomic mass is 15.3. The first-order valence-corrected chi connectivity index (χ1v) is 8.67. The zero-order valence-electron chi connectivity index (χ0n) is 13.5. The molecule has 1 saturated carbocycles. The van der Waals surface area contributed by atoms with Crippen LogP contribution in [-0.2, 0) is 0 Å². The van der Waals surface area contributed by atoms with Gasteiger partial charge in [-0.3, -0.25) is 0 Å². The van der Waals surface area contributed by atoms with E-state index in [9.17, 15) is 0 Å². The molecule has 3 aliphatic rings. The van der Waals surface area contributed by atoms with Crippen LogP contribution in [0.2, 0.25) is 0 Å². The molecule has 0 saturated heterocycles. The Balaban J connectivity index is 1.47. The highest BCUT2D eigenvalue weighted by molar-refractivity contribution is 5.69. The Morgan fingerprint density at radius 3 is 2.79 bits per heavy atom. The van der Waals surface area contributed by atoms with Gasteiger partial charge in [-0.25, -0.2) is 4.98 Å². The molecule has 0 spiro atoms. The molecule has 1 aliphatic heterocycles. The molecule has 2 aromatic rings. The summed E-state index contributed by atoms with van der Waals surface area (Å²) in [6.07, 6.45) is 13.7. The normalized spacial score (nSPS) is 26.7. The number of hydrogen-bond donors (Lipinski definition) is 1. The van der Waals surface area contributed by atoms with Crippen LogP contribution >= 0.6 is 0 Å². The predicted molar refractivity (Wildman–Crippen MR) is 97.3 cm³/mol. The van der Waals surface area contributed by atoms with Gasteiger partial charge in [0.05, 0.1) is 0 Å². The van der Waals surface area contributed by atoms with Gasteiger partial charge < -0.3 is 10.2 Å². The van der Waals surface area contributed by atoms with Crippen LogP contribution in [0.5, 0.6) is 0 Å². The molecule has 1 aromatic carbocycles. The van der Waals surface area contributed by atoms with E-state index in [1.807, 2.05) is 36.5 Å². The summed E-state index contributed by atoms with van der Waals surface area (Å²) in [6.45, 7) is 0.941. The van der Waals surface area contributed by atoms with E-state index in [1.165, 1.54) is 12.8 Å². The van der Waals surface area contributed by atoms with E-state index in [-0.39, 0.29) is 0 Å². The number of para-hydroxylation sites is 1. The first-order valence-electron chi connectivity index (χ1n) is 8.67. The Bertz CT molecular complexity index is 812. The zero-order chi connectivity index (χ0) is 15.9. The van der Waals surface area contributed by atoms with Crippen molar-refractivity contribution in [1.29, 1.82) is 0 Å². The first kappa shape index (κ1) is 13.8. The lowest BCUT2D eigenvalue weighted by Gasteiger charge is -2.36. The molecule has 120 valence electrons.